The molecule has 0 radical (unpaired) electrons. The Balaban J connectivity index is 1.55. The van der Waals surface area contributed by atoms with Crippen LogP contribution in [-0.4, -0.2) is 56.8 Å². The summed E-state index contributed by atoms with van der Waals surface area (Å²) in [6, 6.07) is 1.96. The van der Waals surface area contributed by atoms with Crippen LogP contribution in [0.2, 0.25) is 0 Å². The summed E-state index contributed by atoms with van der Waals surface area (Å²) in [5, 5.41) is 9.83. The van der Waals surface area contributed by atoms with Crippen molar-refractivity contribution >= 4 is 23.6 Å². The highest BCUT2D eigenvalue weighted by Gasteiger charge is 2.43. The highest BCUT2D eigenvalue weighted by Crippen LogP contribution is 2.33. The zero-order chi connectivity index (χ0) is 18.1. The Hall–Kier alpha value is -2.84. The van der Waals surface area contributed by atoms with E-state index < -0.39 is 11.5 Å². The Labute approximate surface area is 151 Å². The smallest absolute Gasteiger partial charge is 0.330 e. The van der Waals surface area contributed by atoms with E-state index in [0.717, 1.165) is 37.6 Å². The van der Waals surface area contributed by atoms with Crippen LogP contribution >= 0.6 is 0 Å². The number of piperidine rings is 1. The van der Waals surface area contributed by atoms with Gasteiger partial charge in [-0.15, -0.1) is 0 Å². The van der Waals surface area contributed by atoms with Gasteiger partial charge in [-0.2, -0.15) is 9.97 Å². The Morgan fingerprint density at radius 3 is 2.23 bits per heavy atom. The van der Waals surface area contributed by atoms with Crippen LogP contribution in [0.4, 0.5) is 17.6 Å². The summed E-state index contributed by atoms with van der Waals surface area (Å²) in [5.74, 6) is 1.06. The fourth-order valence-electron chi connectivity index (χ4n) is 3.91. The Morgan fingerprint density at radius 2 is 1.69 bits per heavy atom. The monoisotopic (exact) mass is 357 g/mol. The second-order valence-electron chi connectivity index (χ2n) is 6.93. The van der Waals surface area contributed by atoms with Gasteiger partial charge in [0.1, 0.15) is 17.2 Å². The molecule has 2 saturated heterocycles. The van der Waals surface area contributed by atoms with Crippen molar-refractivity contribution in [1.82, 2.24) is 19.5 Å². The van der Waals surface area contributed by atoms with Gasteiger partial charge in [-0.05, 0) is 25.7 Å². The predicted molar refractivity (Wildman–Crippen MR) is 97.2 cm³/mol. The molecule has 2 aliphatic heterocycles. The maximum absolute atomic E-state index is 12.0. The number of carboxylic acid groups (broad SMARTS) is 1. The summed E-state index contributed by atoms with van der Waals surface area (Å²) in [6.07, 6.45) is 8.19. The first-order chi connectivity index (χ1) is 12.6. The molecule has 0 saturated carbocycles. The van der Waals surface area contributed by atoms with E-state index >= 15 is 0 Å². The molecule has 4 rings (SSSR count). The predicted octanol–water partition coefficient (Wildman–Crippen LogP) is 0.936. The van der Waals surface area contributed by atoms with Crippen LogP contribution in [0.1, 0.15) is 25.7 Å². The second kappa shape index (κ2) is 6.47. The first-order valence-corrected chi connectivity index (χ1v) is 8.95. The minimum Gasteiger partial charge on any atom is -0.479 e. The molecular weight excluding hydrogens is 334 g/mol. The molecule has 2 aliphatic rings. The van der Waals surface area contributed by atoms with Crippen LogP contribution in [0, 0.1) is 0 Å². The van der Waals surface area contributed by atoms with Gasteiger partial charge in [0.05, 0.1) is 6.33 Å². The number of aliphatic carboxylic acids is 1. The van der Waals surface area contributed by atoms with E-state index in [4.69, 9.17) is 5.73 Å². The summed E-state index contributed by atoms with van der Waals surface area (Å²) in [6.45, 7) is 3.14. The molecule has 138 valence electrons. The number of nitrogen functional groups attached to an aromatic ring is 1. The van der Waals surface area contributed by atoms with Gasteiger partial charge in [-0.25, -0.2) is 9.78 Å². The first kappa shape index (κ1) is 16.6. The van der Waals surface area contributed by atoms with Crippen molar-refractivity contribution in [1.29, 1.82) is 0 Å². The van der Waals surface area contributed by atoms with Crippen molar-refractivity contribution in [2.24, 2.45) is 0 Å². The van der Waals surface area contributed by atoms with E-state index in [1.54, 1.807) is 23.3 Å². The molecule has 2 fully saturated rings. The number of rotatable bonds is 4. The SMILES string of the molecule is Nc1nc(N2CCCC2)cc(N2CCC(C(=O)O)(n3ccnc3)CC2)n1. The molecule has 4 heterocycles. The van der Waals surface area contributed by atoms with Gasteiger partial charge in [-0.1, -0.05) is 0 Å². The van der Waals surface area contributed by atoms with Gasteiger partial charge in [0.15, 0.2) is 0 Å². The van der Waals surface area contributed by atoms with Crippen LogP contribution in [0.25, 0.3) is 0 Å². The summed E-state index contributed by atoms with van der Waals surface area (Å²) >= 11 is 0. The molecular formula is C17H23N7O2. The topological polar surface area (TPSA) is 113 Å². The first-order valence-electron chi connectivity index (χ1n) is 8.95. The highest BCUT2D eigenvalue weighted by molar-refractivity contribution is 5.77. The second-order valence-corrected chi connectivity index (χ2v) is 6.93. The molecule has 0 bridgehead atoms. The number of carboxylic acids is 1. The zero-order valence-corrected chi connectivity index (χ0v) is 14.6. The Bertz CT molecular complexity index is 778. The summed E-state index contributed by atoms with van der Waals surface area (Å²) in [7, 11) is 0. The third-order valence-corrected chi connectivity index (χ3v) is 5.46. The van der Waals surface area contributed by atoms with Crippen molar-refractivity contribution < 1.29 is 9.90 Å². The third-order valence-electron chi connectivity index (χ3n) is 5.46. The van der Waals surface area contributed by atoms with Crippen LogP contribution in [0.5, 0.6) is 0 Å². The molecule has 0 spiro atoms. The maximum atomic E-state index is 12.0. The lowest BCUT2D eigenvalue weighted by atomic mass is 9.87. The molecule has 26 heavy (non-hydrogen) atoms. The van der Waals surface area contributed by atoms with E-state index in [1.807, 2.05) is 6.07 Å². The fourth-order valence-corrected chi connectivity index (χ4v) is 3.91. The number of carbonyl (C=O) groups is 1. The van der Waals surface area contributed by atoms with Gasteiger partial charge in [-0.3, -0.25) is 0 Å². The minimum atomic E-state index is -0.955. The molecule has 0 atom stereocenters. The van der Waals surface area contributed by atoms with Crippen LogP contribution < -0.4 is 15.5 Å². The molecule has 0 unspecified atom stereocenters. The van der Waals surface area contributed by atoms with E-state index in [0.29, 0.717) is 25.9 Å². The fraction of sp³-hybridized carbons (Fsp3) is 0.529. The van der Waals surface area contributed by atoms with Crippen LogP contribution in [0.15, 0.2) is 24.8 Å². The summed E-state index contributed by atoms with van der Waals surface area (Å²) in [4.78, 5) is 29.1. The minimum absolute atomic E-state index is 0.258. The van der Waals surface area contributed by atoms with Gasteiger partial charge in [0.25, 0.3) is 0 Å². The Morgan fingerprint density at radius 1 is 1.08 bits per heavy atom. The highest BCUT2D eigenvalue weighted by atomic mass is 16.4. The number of hydrogen-bond acceptors (Lipinski definition) is 7. The summed E-state index contributed by atoms with van der Waals surface area (Å²) in [5.41, 5.74) is 4.98. The van der Waals surface area contributed by atoms with Gasteiger partial charge in [0, 0.05) is 44.6 Å². The van der Waals surface area contributed by atoms with Crippen molar-refractivity contribution in [3.8, 4) is 0 Å². The molecule has 3 N–H and O–H groups in total. The molecule has 2 aromatic heterocycles. The van der Waals surface area contributed by atoms with E-state index in [9.17, 15) is 9.90 Å². The lowest BCUT2D eigenvalue weighted by Gasteiger charge is -2.40. The average Bonchev–Trinajstić information content (AvgIpc) is 3.35. The summed E-state index contributed by atoms with van der Waals surface area (Å²) < 4.78 is 1.71. The van der Waals surface area contributed by atoms with Crippen molar-refractivity contribution in [2.75, 3.05) is 41.7 Å². The number of nitrogens with zero attached hydrogens (tertiary/aromatic N) is 6. The molecule has 9 heteroatoms. The zero-order valence-electron chi connectivity index (χ0n) is 14.6. The van der Waals surface area contributed by atoms with Crippen molar-refractivity contribution in [3.63, 3.8) is 0 Å². The van der Waals surface area contributed by atoms with Crippen molar-refractivity contribution in [3.05, 3.63) is 24.8 Å². The van der Waals surface area contributed by atoms with Crippen LogP contribution in [0.3, 0.4) is 0 Å². The number of hydrogen-bond donors (Lipinski definition) is 2. The molecule has 9 nitrogen and oxygen atoms in total. The average molecular weight is 357 g/mol. The number of anilines is 3. The van der Waals surface area contributed by atoms with E-state index in [1.165, 1.54) is 0 Å². The third kappa shape index (κ3) is 2.83. The maximum Gasteiger partial charge on any atom is 0.330 e. The number of imidazole rings is 1. The Kier molecular flexibility index (Phi) is 4.14. The quantitative estimate of drug-likeness (QED) is 0.831. The van der Waals surface area contributed by atoms with E-state index in [2.05, 4.69) is 24.8 Å². The molecule has 0 amide bonds. The van der Waals surface area contributed by atoms with Gasteiger partial charge < -0.3 is 25.2 Å². The van der Waals surface area contributed by atoms with E-state index in [-0.39, 0.29) is 5.95 Å². The van der Waals surface area contributed by atoms with Gasteiger partial charge >= 0.3 is 5.97 Å². The lowest BCUT2D eigenvalue weighted by molar-refractivity contribution is -0.148. The largest absolute Gasteiger partial charge is 0.479 e. The standard InChI is InChI=1S/C17H23N7O2/c18-16-20-13(22-6-1-2-7-22)11-14(21-16)23-8-3-17(4-9-23,15(25)26)24-10-5-19-12-24/h5,10-12H,1-4,6-9H2,(H,25,26)(H2,18,20,21). The van der Waals surface area contributed by atoms with Gasteiger partial charge in [0.2, 0.25) is 5.95 Å². The van der Waals surface area contributed by atoms with Crippen molar-refractivity contribution in [2.45, 2.75) is 31.2 Å². The normalized spacial score (nSPS) is 19.7. The molecule has 0 aliphatic carbocycles. The lowest BCUT2D eigenvalue weighted by Crippen LogP contribution is -2.51. The number of nitrogens with two attached hydrogens (primary N) is 1. The molecule has 2 aromatic rings. The number of aromatic nitrogens is 4. The molecule has 0 aromatic carbocycles. The van der Waals surface area contributed by atoms with Crippen LogP contribution in [-0.2, 0) is 10.3 Å².